The molecule has 4 nitrogen and oxygen atoms in total. The van der Waals surface area contributed by atoms with E-state index < -0.39 is 17.7 Å². The smallest absolute Gasteiger partial charge is 0.325 e. The van der Waals surface area contributed by atoms with Gasteiger partial charge in [-0.2, -0.15) is 0 Å². The van der Waals surface area contributed by atoms with Crippen molar-refractivity contribution < 1.29 is 18.7 Å². The minimum Gasteiger partial charge on any atom is -0.464 e. The van der Waals surface area contributed by atoms with E-state index in [4.69, 9.17) is 4.74 Å². The zero-order valence-corrected chi connectivity index (χ0v) is 18.3. The molecule has 0 aliphatic carbocycles. The Bertz CT molecular complexity index is 591. The van der Waals surface area contributed by atoms with Crippen LogP contribution in [-0.2, 0) is 9.53 Å². The molecule has 0 spiro atoms. The van der Waals surface area contributed by atoms with Crippen LogP contribution in [0.2, 0.25) is 0 Å². The van der Waals surface area contributed by atoms with Crippen molar-refractivity contribution in [2.24, 2.45) is 0 Å². The molecule has 0 aliphatic rings. The van der Waals surface area contributed by atoms with Gasteiger partial charge in [-0.25, -0.2) is 4.39 Å². The zero-order valence-electron chi connectivity index (χ0n) is 18.3. The fourth-order valence-electron chi connectivity index (χ4n) is 3.28. The van der Waals surface area contributed by atoms with Crippen LogP contribution >= 0.6 is 0 Å². The molecule has 1 aromatic carbocycles. The highest BCUT2D eigenvalue weighted by atomic mass is 19.1. The predicted octanol–water partition coefficient (Wildman–Crippen LogP) is 6.14. The zero-order chi connectivity index (χ0) is 21.3. The van der Waals surface area contributed by atoms with Crippen LogP contribution in [0.4, 0.5) is 4.39 Å². The first-order chi connectivity index (χ1) is 14.1. The highest BCUT2D eigenvalue weighted by molar-refractivity contribution is 5.96. The number of carbonyl (C=O) groups is 2. The molecule has 1 amide bonds. The predicted molar refractivity (Wildman–Crippen MR) is 115 cm³/mol. The second-order valence-corrected chi connectivity index (χ2v) is 7.75. The lowest BCUT2D eigenvalue weighted by Gasteiger charge is -2.16. The van der Waals surface area contributed by atoms with Gasteiger partial charge in [-0.3, -0.25) is 9.59 Å². The van der Waals surface area contributed by atoms with Crippen LogP contribution in [0, 0.1) is 5.82 Å². The normalized spacial score (nSPS) is 10.7. The molecule has 0 unspecified atom stereocenters. The van der Waals surface area contributed by atoms with Crippen molar-refractivity contribution in [1.82, 2.24) is 4.90 Å². The first-order valence-corrected chi connectivity index (χ1v) is 11.2. The number of carbonyl (C=O) groups excluding carboxylic acids is 2. The van der Waals surface area contributed by atoms with Crippen molar-refractivity contribution in [1.29, 1.82) is 0 Å². The Balaban J connectivity index is 2.00. The molecule has 1 aromatic rings. The fraction of sp³-hybridized carbons (Fsp3) is 0.667. The van der Waals surface area contributed by atoms with Gasteiger partial charge in [-0.05, 0) is 18.6 Å². The third-order valence-electron chi connectivity index (χ3n) is 5.08. The second kappa shape index (κ2) is 15.9. The minimum absolute atomic E-state index is 0.0382. The van der Waals surface area contributed by atoms with Crippen LogP contribution < -0.4 is 0 Å². The number of benzene rings is 1. The molecule has 0 heterocycles. The third kappa shape index (κ3) is 11.6. The van der Waals surface area contributed by atoms with Gasteiger partial charge in [0.1, 0.15) is 12.4 Å². The van der Waals surface area contributed by atoms with Crippen LogP contribution in [0.15, 0.2) is 24.3 Å². The Morgan fingerprint density at radius 1 is 0.862 bits per heavy atom. The molecule has 5 heteroatoms. The van der Waals surface area contributed by atoms with Gasteiger partial charge in [0.05, 0.1) is 12.2 Å². The standard InChI is InChI=1S/C24H38FNO3/c1-3-4-5-6-7-8-9-10-11-12-13-16-19-29-23(27)20-26(2)24(28)21-17-14-15-18-22(21)25/h14-15,17-18H,3-13,16,19-20H2,1-2H3. The quantitative estimate of drug-likeness (QED) is 0.244. The van der Waals surface area contributed by atoms with Crippen LogP contribution in [0.1, 0.15) is 94.3 Å². The number of rotatable bonds is 16. The van der Waals surface area contributed by atoms with Gasteiger partial charge in [-0.1, -0.05) is 89.7 Å². The SMILES string of the molecule is CCCCCCCCCCCCCCOC(=O)CN(C)C(=O)c1ccccc1F. The Kier molecular flexibility index (Phi) is 13.8. The van der Waals surface area contributed by atoms with Gasteiger partial charge < -0.3 is 9.64 Å². The lowest BCUT2D eigenvalue weighted by molar-refractivity contribution is -0.144. The highest BCUT2D eigenvalue weighted by Gasteiger charge is 2.18. The lowest BCUT2D eigenvalue weighted by atomic mass is 10.1. The molecule has 1 rings (SSSR count). The van der Waals surface area contributed by atoms with Crippen LogP contribution in [0.5, 0.6) is 0 Å². The number of ether oxygens (including phenoxy) is 1. The molecule has 0 bridgehead atoms. The van der Waals surface area contributed by atoms with Crippen molar-refractivity contribution in [3.63, 3.8) is 0 Å². The van der Waals surface area contributed by atoms with E-state index in [1.165, 1.54) is 94.4 Å². The van der Waals surface area contributed by atoms with Crippen molar-refractivity contribution in [2.45, 2.75) is 84.0 Å². The minimum atomic E-state index is -0.589. The first kappa shape index (κ1) is 25.1. The molecule has 0 atom stereocenters. The van der Waals surface area contributed by atoms with Crippen molar-refractivity contribution >= 4 is 11.9 Å². The summed E-state index contributed by atoms with van der Waals surface area (Å²) in [4.78, 5) is 25.2. The molecule has 164 valence electrons. The van der Waals surface area contributed by atoms with Crippen molar-refractivity contribution in [3.8, 4) is 0 Å². The number of nitrogens with zero attached hydrogens (tertiary/aromatic N) is 1. The van der Waals surface area contributed by atoms with Crippen LogP contribution in [0.25, 0.3) is 0 Å². The summed E-state index contributed by atoms with van der Waals surface area (Å²) in [5.41, 5.74) is -0.0382. The van der Waals surface area contributed by atoms with Gasteiger partial charge in [0.2, 0.25) is 0 Å². The monoisotopic (exact) mass is 407 g/mol. The molecule has 0 N–H and O–H groups in total. The largest absolute Gasteiger partial charge is 0.464 e. The maximum absolute atomic E-state index is 13.7. The molecule has 0 fully saturated rings. The van der Waals surface area contributed by atoms with E-state index >= 15 is 0 Å². The summed E-state index contributed by atoms with van der Waals surface area (Å²) in [6, 6.07) is 5.75. The lowest BCUT2D eigenvalue weighted by Crippen LogP contribution is -2.33. The number of halogens is 1. The number of unbranched alkanes of at least 4 members (excludes halogenated alkanes) is 11. The number of esters is 1. The average Bonchev–Trinajstić information content (AvgIpc) is 2.71. The van der Waals surface area contributed by atoms with E-state index in [1.54, 1.807) is 6.07 Å². The Morgan fingerprint density at radius 3 is 1.93 bits per heavy atom. The van der Waals surface area contributed by atoms with Crippen LogP contribution in [-0.4, -0.2) is 37.0 Å². The summed E-state index contributed by atoms with van der Waals surface area (Å²) in [5, 5.41) is 0. The van der Waals surface area contributed by atoms with E-state index in [2.05, 4.69) is 6.92 Å². The highest BCUT2D eigenvalue weighted by Crippen LogP contribution is 2.12. The Labute approximate surface area is 175 Å². The van der Waals surface area contributed by atoms with Gasteiger partial charge in [-0.15, -0.1) is 0 Å². The topological polar surface area (TPSA) is 46.6 Å². The van der Waals surface area contributed by atoms with E-state index in [9.17, 15) is 14.0 Å². The van der Waals surface area contributed by atoms with Gasteiger partial charge in [0.15, 0.2) is 0 Å². The molecular weight excluding hydrogens is 369 g/mol. The molecule has 0 aliphatic heterocycles. The number of likely N-dealkylation sites (N-methyl/N-ethyl adjacent to an activating group) is 1. The van der Waals surface area contributed by atoms with E-state index in [1.807, 2.05) is 0 Å². The molecular formula is C24H38FNO3. The summed E-state index contributed by atoms with van der Waals surface area (Å²) in [7, 11) is 1.47. The van der Waals surface area contributed by atoms with E-state index in [0.29, 0.717) is 6.61 Å². The van der Waals surface area contributed by atoms with Crippen LogP contribution in [0.3, 0.4) is 0 Å². The summed E-state index contributed by atoms with van der Waals surface area (Å²) in [5.74, 6) is -1.57. The molecule has 29 heavy (non-hydrogen) atoms. The Hall–Kier alpha value is -1.91. The number of amides is 1. The van der Waals surface area contributed by atoms with Gasteiger partial charge in [0.25, 0.3) is 5.91 Å². The number of hydrogen-bond acceptors (Lipinski definition) is 3. The summed E-state index contributed by atoms with van der Waals surface area (Å²) >= 11 is 0. The maximum atomic E-state index is 13.7. The molecule has 0 saturated carbocycles. The summed E-state index contributed by atoms with van der Waals surface area (Å²) in [6.45, 7) is 2.44. The van der Waals surface area contributed by atoms with E-state index in [-0.39, 0.29) is 12.1 Å². The van der Waals surface area contributed by atoms with Crippen molar-refractivity contribution in [2.75, 3.05) is 20.2 Å². The van der Waals surface area contributed by atoms with Gasteiger partial charge in [0, 0.05) is 7.05 Å². The van der Waals surface area contributed by atoms with Gasteiger partial charge >= 0.3 is 5.97 Å². The molecule has 0 radical (unpaired) electrons. The molecule has 0 aromatic heterocycles. The van der Waals surface area contributed by atoms with Crippen molar-refractivity contribution in [3.05, 3.63) is 35.6 Å². The Morgan fingerprint density at radius 2 is 1.38 bits per heavy atom. The third-order valence-corrected chi connectivity index (χ3v) is 5.08. The summed E-state index contributed by atoms with van der Waals surface area (Å²) < 4.78 is 18.9. The second-order valence-electron chi connectivity index (χ2n) is 7.75. The number of hydrogen-bond donors (Lipinski definition) is 0. The first-order valence-electron chi connectivity index (χ1n) is 11.2. The fourth-order valence-corrected chi connectivity index (χ4v) is 3.28. The maximum Gasteiger partial charge on any atom is 0.325 e. The summed E-state index contributed by atoms with van der Waals surface area (Å²) in [6.07, 6.45) is 15.0. The van der Waals surface area contributed by atoms with E-state index in [0.717, 1.165) is 12.8 Å². The average molecular weight is 408 g/mol. The molecule has 0 saturated heterocycles.